The van der Waals surface area contributed by atoms with Gasteiger partial charge in [-0.1, -0.05) is 25.3 Å². The number of rotatable bonds is 8. The van der Waals surface area contributed by atoms with E-state index in [9.17, 15) is 4.79 Å². The van der Waals surface area contributed by atoms with Crippen LogP contribution in [-0.4, -0.2) is 19.0 Å². The molecular weight excluding hydrogens is 204 g/mol. The summed E-state index contributed by atoms with van der Waals surface area (Å²) >= 11 is 0. The monoisotopic (exact) mass is 222 g/mol. The molecule has 0 atom stereocenters. The first-order valence-corrected chi connectivity index (χ1v) is 5.16. The van der Waals surface area contributed by atoms with Crippen molar-refractivity contribution in [3.8, 4) is 0 Å². The van der Waals surface area contributed by atoms with Crippen molar-refractivity contribution in [1.82, 2.24) is 0 Å². The van der Waals surface area contributed by atoms with Gasteiger partial charge in [0.2, 0.25) is 0 Å². The molecule has 0 spiro atoms. The maximum Gasteiger partial charge on any atom is 0.261 e. The Morgan fingerprint density at radius 3 is 1.62 bits per heavy atom. The van der Waals surface area contributed by atoms with Crippen molar-refractivity contribution in [1.29, 1.82) is 0 Å². The minimum atomic E-state index is -0.302. The van der Waals surface area contributed by atoms with Crippen LogP contribution in [0.3, 0.4) is 0 Å². The maximum absolute atomic E-state index is 11.9. The van der Waals surface area contributed by atoms with Crippen molar-refractivity contribution in [2.45, 2.75) is 13.8 Å². The Kier molecular flexibility index (Phi) is 7.59. The highest BCUT2D eigenvalue weighted by molar-refractivity contribution is 6.05. The molecule has 0 bridgehead atoms. The number of allylic oxidation sites excluding steroid dienone is 4. The average Bonchev–Trinajstić information content (AvgIpc) is 2.27. The van der Waals surface area contributed by atoms with E-state index in [4.69, 9.17) is 9.47 Å². The van der Waals surface area contributed by atoms with Crippen LogP contribution in [0.2, 0.25) is 0 Å². The summed E-state index contributed by atoms with van der Waals surface area (Å²) in [4.78, 5) is 11.9. The molecule has 0 N–H and O–H groups in total. The lowest BCUT2D eigenvalue weighted by molar-refractivity contribution is -0.118. The highest BCUT2D eigenvalue weighted by atomic mass is 16.5. The number of hydrogen-bond acceptors (Lipinski definition) is 3. The Balaban J connectivity index is 4.94. The average molecular weight is 222 g/mol. The van der Waals surface area contributed by atoms with Crippen LogP contribution in [0.1, 0.15) is 13.8 Å². The molecule has 0 heterocycles. The summed E-state index contributed by atoms with van der Waals surface area (Å²) in [5.74, 6) is 0.140. The number of ether oxygens (including phenoxy) is 2. The van der Waals surface area contributed by atoms with Crippen LogP contribution < -0.4 is 0 Å². The summed E-state index contributed by atoms with van der Waals surface area (Å²) in [6.45, 7) is 11.5. The molecule has 16 heavy (non-hydrogen) atoms. The van der Waals surface area contributed by atoms with Crippen molar-refractivity contribution in [2.75, 3.05) is 13.2 Å². The lowest BCUT2D eigenvalue weighted by Gasteiger charge is -2.10. The Morgan fingerprint density at radius 2 is 1.38 bits per heavy atom. The summed E-state index contributed by atoms with van der Waals surface area (Å²) in [6.07, 6.45) is 6.03. The van der Waals surface area contributed by atoms with Gasteiger partial charge >= 0.3 is 0 Å². The third kappa shape index (κ3) is 4.64. The van der Waals surface area contributed by atoms with E-state index in [-0.39, 0.29) is 17.3 Å². The zero-order chi connectivity index (χ0) is 12.4. The first-order chi connectivity index (χ1) is 7.71. The molecule has 0 aliphatic carbocycles. The second kappa shape index (κ2) is 8.53. The Morgan fingerprint density at radius 1 is 1.00 bits per heavy atom. The fourth-order valence-electron chi connectivity index (χ4n) is 1.03. The summed E-state index contributed by atoms with van der Waals surface area (Å²) in [7, 11) is 0. The molecular formula is C13H18O3. The molecule has 0 aromatic carbocycles. The highest BCUT2D eigenvalue weighted by Crippen LogP contribution is 2.10. The fourth-order valence-corrected chi connectivity index (χ4v) is 1.03. The van der Waals surface area contributed by atoms with Gasteiger partial charge in [-0.2, -0.15) is 0 Å². The number of carbonyl (C=O) groups is 1. The standard InChI is InChI=1S/C13H18O3/c1-5-9-11(15-7-3)13(14)12(10-6-2)16-8-4/h5-6,9-10H,1-2,7-8H2,3-4H3/b11-9+,12-10+. The van der Waals surface area contributed by atoms with Crippen molar-refractivity contribution < 1.29 is 14.3 Å². The van der Waals surface area contributed by atoms with E-state index in [1.165, 1.54) is 24.3 Å². The van der Waals surface area contributed by atoms with E-state index >= 15 is 0 Å². The SMILES string of the molecule is C=C/C=C(/OCC)C(=O)/C(=C\C=C)OCC. The second-order valence-corrected chi connectivity index (χ2v) is 2.73. The van der Waals surface area contributed by atoms with Crippen LogP contribution >= 0.6 is 0 Å². The van der Waals surface area contributed by atoms with Crippen molar-refractivity contribution >= 4 is 5.78 Å². The molecule has 0 saturated carbocycles. The van der Waals surface area contributed by atoms with Gasteiger partial charge in [0.15, 0.2) is 11.5 Å². The quantitative estimate of drug-likeness (QED) is 0.360. The Hall–Kier alpha value is -1.77. The van der Waals surface area contributed by atoms with Gasteiger partial charge in [0.1, 0.15) is 0 Å². The summed E-state index contributed by atoms with van der Waals surface area (Å²) in [5.41, 5.74) is 0. The molecule has 3 nitrogen and oxygen atoms in total. The Labute approximate surface area is 96.7 Å². The van der Waals surface area contributed by atoms with E-state index in [1.807, 2.05) is 13.8 Å². The molecule has 0 fully saturated rings. The zero-order valence-electron chi connectivity index (χ0n) is 9.86. The minimum absolute atomic E-state index is 0.221. The number of Topliss-reactive ketones (excluding diaryl/α,β-unsaturated/α-hetero) is 1. The van der Waals surface area contributed by atoms with Gasteiger partial charge in [-0.05, 0) is 26.0 Å². The maximum atomic E-state index is 11.9. The molecule has 0 aliphatic heterocycles. The lowest BCUT2D eigenvalue weighted by Crippen LogP contribution is -2.12. The number of hydrogen-bond donors (Lipinski definition) is 0. The fraction of sp³-hybridized carbons (Fsp3) is 0.308. The van der Waals surface area contributed by atoms with Gasteiger partial charge in [-0.25, -0.2) is 0 Å². The predicted molar refractivity (Wildman–Crippen MR) is 64.8 cm³/mol. The molecule has 88 valence electrons. The first-order valence-electron chi connectivity index (χ1n) is 5.16. The van der Waals surface area contributed by atoms with Gasteiger partial charge in [-0.15, -0.1) is 0 Å². The molecule has 0 unspecified atom stereocenters. The van der Waals surface area contributed by atoms with E-state index in [2.05, 4.69) is 13.2 Å². The van der Waals surface area contributed by atoms with Gasteiger partial charge < -0.3 is 9.47 Å². The minimum Gasteiger partial charge on any atom is -0.490 e. The molecule has 3 heteroatoms. The largest absolute Gasteiger partial charge is 0.490 e. The van der Waals surface area contributed by atoms with E-state index < -0.39 is 0 Å². The number of ketones is 1. The van der Waals surface area contributed by atoms with Crippen LogP contribution in [0.25, 0.3) is 0 Å². The van der Waals surface area contributed by atoms with Gasteiger partial charge in [0.25, 0.3) is 5.78 Å². The molecule has 0 rings (SSSR count). The summed E-state index contributed by atoms with van der Waals surface area (Å²) in [5, 5.41) is 0. The van der Waals surface area contributed by atoms with Crippen LogP contribution in [0.4, 0.5) is 0 Å². The van der Waals surface area contributed by atoms with Crippen molar-refractivity contribution in [3.05, 3.63) is 49.0 Å². The summed E-state index contributed by atoms with van der Waals surface area (Å²) < 4.78 is 10.4. The van der Waals surface area contributed by atoms with E-state index in [0.29, 0.717) is 13.2 Å². The molecule has 0 aromatic heterocycles. The zero-order valence-corrected chi connectivity index (χ0v) is 9.86. The first kappa shape index (κ1) is 14.2. The third-order valence-electron chi connectivity index (χ3n) is 1.59. The molecule has 0 aromatic rings. The predicted octanol–water partition coefficient (Wildman–Crippen LogP) is 2.77. The topological polar surface area (TPSA) is 35.5 Å². The Bertz CT molecular complexity index is 281. The van der Waals surface area contributed by atoms with E-state index in [0.717, 1.165) is 0 Å². The van der Waals surface area contributed by atoms with E-state index in [1.54, 1.807) is 0 Å². The number of carbonyl (C=O) groups excluding carboxylic acids is 1. The van der Waals surface area contributed by atoms with Gasteiger partial charge in [-0.3, -0.25) is 4.79 Å². The molecule has 0 aliphatic rings. The lowest BCUT2D eigenvalue weighted by atomic mass is 10.2. The van der Waals surface area contributed by atoms with Crippen LogP contribution in [0.15, 0.2) is 49.0 Å². The smallest absolute Gasteiger partial charge is 0.261 e. The molecule has 0 saturated heterocycles. The van der Waals surface area contributed by atoms with Crippen LogP contribution in [0, 0.1) is 0 Å². The highest BCUT2D eigenvalue weighted by Gasteiger charge is 2.16. The molecule has 0 radical (unpaired) electrons. The van der Waals surface area contributed by atoms with Gasteiger partial charge in [0, 0.05) is 0 Å². The molecule has 0 amide bonds. The second-order valence-electron chi connectivity index (χ2n) is 2.73. The van der Waals surface area contributed by atoms with Crippen molar-refractivity contribution in [2.24, 2.45) is 0 Å². The van der Waals surface area contributed by atoms with Crippen molar-refractivity contribution in [3.63, 3.8) is 0 Å². The van der Waals surface area contributed by atoms with Crippen LogP contribution in [0.5, 0.6) is 0 Å². The summed E-state index contributed by atoms with van der Waals surface area (Å²) in [6, 6.07) is 0. The third-order valence-corrected chi connectivity index (χ3v) is 1.59. The normalized spacial score (nSPS) is 11.9. The van der Waals surface area contributed by atoms with Gasteiger partial charge in [0.05, 0.1) is 13.2 Å². The van der Waals surface area contributed by atoms with Crippen LogP contribution in [-0.2, 0) is 14.3 Å².